The molecule has 1 aliphatic rings. The van der Waals surface area contributed by atoms with Crippen molar-refractivity contribution in [2.45, 2.75) is 6.92 Å². The van der Waals surface area contributed by atoms with Gasteiger partial charge in [0, 0.05) is 57.9 Å². The third-order valence-corrected chi connectivity index (χ3v) is 5.89. The molecule has 0 bridgehead atoms. The second-order valence-electron chi connectivity index (χ2n) is 8.26. The fraction of sp³-hybridized carbons (Fsp3) is 0.269. The van der Waals surface area contributed by atoms with Crippen LogP contribution in [0.15, 0.2) is 59.9 Å². The maximum absolute atomic E-state index is 13.0. The SMILES string of the molecule is CCOC(=O)NC(=NC)Nc1ccc(-c2ccc3c(c2)C(=O)N(C)CCN3C)cc1-c1ncccn1. The molecule has 2 heterocycles. The van der Waals surface area contributed by atoms with Crippen LogP contribution < -0.4 is 15.5 Å². The third kappa shape index (κ3) is 5.27. The molecule has 2 amide bonds. The van der Waals surface area contributed by atoms with Crippen molar-refractivity contribution < 1.29 is 14.3 Å². The summed E-state index contributed by atoms with van der Waals surface area (Å²) in [4.78, 5) is 41.7. The molecule has 0 aliphatic carbocycles. The number of likely N-dealkylation sites (N-methyl/N-ethyl adjacent to an activating group) is 2. The van der Waals surface area contributed by atoms with Gasteiger partial charge in [-0.25, -0.2) is 14.8 Å². The topological polar surface area (TPSA) is 112 Å². The number of aliphatic imine (C=N–C) groups is 1. The van der Waals surface area contributed by atoms with Crippen molar-refractivity contribution in [1.82, 2.24) is 20.2 Å². The van der Waals surface area contributed by atoms with Gasteiger partial charge in [-0.2, -0.15) is 0 Å². The summed E-state index contributed by atoms with van der Waals surface area (Å²) in [5.41, 5.74) is 4.70. The highest BCUT2D eigenvalue weighted by molar-refractivity contribution is 6.05. The molecule has 0 saturated heterocycles. The molecule has 0 spiro atoms. The van der Waals surface area contributed by atoms with Crippen LogP contribution in [0.4, 0.5) is 16.2 Å². The molecular weight excluding hydrogens is 458 g/mol. The number of amides is 2. The van der Waals surface area contributed by atoms with Crippen LogP contribution >= 0.6 is 0 Å². The van der Waals surface area contributed by atoms with Crippen molar-refractivity contribution in [2.75, 3.05) is 51.1 Å². The number of carbonyl (C=O) groups is 2. The Hall–Kier alpha value is -4.47. The normalized spacial score (nSPS) is 13.7. The Morgan fingerprint density at radius 3 is 2.39 bits per heavy atom. The highest BCUT2D eigenvalue weighted by atomic mass is 16.5. The smallest absolute Gasteiger partial charge is 0.413 e. The molecule has 3 aromatic rings. The lowest BCUT2D eigenvalue weighted by Gasteiger charge is -2.19. The van der Waals surface area contributed by atoms with Crippen LogP contribution in [-0.4, -0.2) is 73.7 Å². The minimum atomic E-state index is -0.607. The number of carbonyl (C=O) groups excluding carboxylic acids is 2. The molecular formula is C26H29N7O3. The van der Waals surface area contributed by atoms with Gasteiger partial charge in [0.25, 0.3) is 5.91 Å². The van der Waals surface area contributed by atoms with Gasteiger partial charge in [-0.3, -0.25) is 15.1 Å². The van der Waals surface area contributed by atoms with E-state index in [4.69, 9.17) is 4.74 Å². The summed E-state index contributed by atoms with van der Waals surface area (Å²) in [6.45, 7) is 3.41. The van der Waals surface area contributed by atoms with Gasteiger partial charge >= 0.3 is 6.09 Å². The molecule has 0 fully saturated rings. The van der Waals surface area contributed by atoms with E-state index in [-0.39, 0.29) is 18.5 Å². The molecule has 10 heteroatoms. The second-order valence-corrected chi connectivity index (χ2v) is 8.26. The van der Waals surface area contributed by atoms with Crippen molar-refractivity contribution in [2.24, 2.45) is 4.99 Å². The Bertz CT molecular complexity index is 1290. The number of fused-ring (bicyclic) bond motifs is 1. The standard InChI is InChI=1S/C26H29N7O3/c1-5-36-26(35)31-25(27-2)30-21-9-7-17(15-19(21)23-28-11-6-12-29-23)18-8-10-22-20(16-18)24(34)33(4)14-13-32(22)3/h6-12,15-16H,5,13-14H2,1-4H3,(H2,27,30,31,35). The maximum Gasteiger partial charge on any atom is 0.413 e. The van der Waals surface area contributed by atoms with Gasteiger partial charge in [-0.1, -0.05) is 12.1 Å². The number of hydrogen-bond acceptors (Lipinski definition) is 7. The molecule has 2 N–H and O–H groups in total. The first-order valence-corrected chi connectivity index (χ1v) is 11.6. The minimum Gasteiger partial charge on any atom is -0.450 e. The van der Waals surface area contributed by atoms with Crippen LogP contribution in [0.3, 0.4) is 0 Å². The Morgan fingerprint density at radius 1 is 1.03 bits per heavy atom. The lowest BCUT2D eigenvalue weighted by Crippen LogP contribution is -2.36. The largest absolute Gasteiger partial charge is 0.450 e. The van der Waals surface area contributed by atoms with E-state index in [1.165, 1.54) is 0 Å². The molecule has 0 unspecified atom stereocenters. The summed E-state index contributed by atoms with van der Waals surface area (Å²) in [6.07, 6.45) is 2.72. The molecule has 2 aromatic carbocycles. The molecule has 0 radical (unpaired) electrons. The van der Waals surface area contributed by atoms with Gasteiger partial charge in [0.15, 0.2) is 5.82 Å². The number of guanidine groups is 1. The zero-order chi connectivity index (χ0) is 25.7. The number of aromatic nitrogens is 2. The summed E-state index contributed by atoms with van der Waals surface area (Å²) in [5, 5.41) is 5.72. The average Bonchev–Trinajstić information content (AvgIpc) is 3.00. The van der Waals surface area contributed by atoms with E-state index in [1.54, 1.807) is 37.3 Å². The molecule has 1 aliphatic heterocycles. The van der Waals surface area contributed by atoms with Gasteiger partial charge in [0.05, 0.1) is 17.9 Å². The Kier molecular flexibility index (Phi) is 7.43. The zero-order valence-electron chi connectivity index (χ0n) is 20.8. The lowest BCUT2D eigenvalue weighted by atomic mass is 9.98. The molecule has 186 valence electrons. The quantitative estimate of drug-likeness (QED) is 0.428. The van der Waals surface area contributed by atoms with E-state index < -0.39 is 6.09 Å². The fourth-order valence-corrected chi connectivity index (χ4v) is 3.94. The molecule has 0 saturated carbocycles. The first-order chi connectivity index (χ1) is 17.4. The number of hydrogen-bond donors (Lipinski definition) is 2. The number of rotatable bonds is 4. The zero-order valence-corrected chi connectivity index (χ0v) is 20.8. The first kappa shape index (κ1) is 24.6. The first-order valence-electron chi connectivity index (χ1n) is 11.6. The van der Waals surface area contributed by atoms with Crippen LogP contribution in [-0.2, 0) is 4.74 Å². The van der Waals surface area contributed by atoms with Crippen molar-refractivity contribution in [3.05, 3.63) is 60.4 Å². The van der Waals surface area contributed by atoms with E-state index >= 15 is 0 Å². The summed E-state index contributed by atoms with van der Waals surface area (Å²) in [7, 11) is 5.37. The van der Waals surface area contributed by atoms with Gasteiger partial charge in [-0.15, -0.1) is 0 Å². The number of nitrogens with zero attached hydrogens (tertiary/aromatic N) is 5. The highest BCUT2D eigenvalue weighted by Crippen LogP contribution is 2.34. The summed E-state index contributed by atoms with van der Waals surface area (Å²) in [5.74, 6) is 0.716. The average molecular weight is 488 g/mol. The van der Waals surface area contributed by atoms with Crippen molar-refractivity contribution >= 4 is 29.3 Å². The molecule has 36 heavy (non-hydrogen) atoms. The number of nitrogens with one attached hydrogen (secondary N) is 2. The van der Waals surface area contributed by atoms with Gasteiger partial charge in [0.2, 0.25) is 5.96 Å². The van der Waals surface area contributed by atoms with Crippen molar-refractivity contribution in [1.29, 1.82) is 0 Å². The van der Waals surface area contributed by atoms with E-state index in [0.717, 1.165) is 23.4 Å². The third-order valence-electron chi connectivity index (χ3n) is 5.89. The molecule has 4 rings (SSSR count). The second kappa shape index (κ2) is 10.9. The number of anilines is 2. The molecule has 1 aromatic heterocycles. The lowest BCUT2D eigenvalue weighted by molar-refractivity contribution is 0.0805. The van der Waals surface area contributed by atoms with E-state index in [0.29, 0.717) is 29.2 Å². The van der Waals surface area contributed by atoms with E-state index in [1.807, 2.05) is 50.5 Å². The van der Waals surface area contributed by atoms with E-state index in [9.17, 15) is 9.59 Å². The van der Waals surface area contributed by atoms with Crippen molar-refractivity contribution in [3.8, 4) is 22.5 Å². The van der Waals surface area contributed by atoms with Gasteiger partial charge < -0.3 is 19.9 Å². The highest BCUT2D eigenvalue weighted by Gasteiger charge is 2.23. The van der Waals surface area contributed by atoms with Gasteiger partial charge in [0.1, 0.15) is 0 Å². The number of benzene rings is 2. The Morgan fingerprint density at radius 2 is 1.69 bits per heavy atom. The van der Waals surface area contributed by atoms with E-state index in [2.05, 4.69) is 30.5 Å². The van der Waals surface area contributed by atoms with Crippen LogP contribution in [0, 0.1) is 0 Å². The Balaban J connectivity index is 1.74. The number of alkyl carbamates (subject to hydrolysis) is 1. The van der Waals surface area contributed by atoms with Crippen LogP contribution in [0.5, 0.6) is 0 Å². The Labute approximate surface area is 210 Å². The monoisotopic (exact) mass is 487 g/mol. The molecule has 0 atom stereocenters. The van der Waals surface area contributed by atoms with Crippen molar-refractivity contribution in [3.63, 3.8) is 0 Å². The van der Waals surface area contributed by atoms with Crippen LogP contribution in [0.1, 0.15) is 17.3 Å². The summed E-state index contributed by atoms with van der Waals surface area (Å²) >= 11 is 0. The van der Waals surface area contributed by atoms with Gasteiger partial charge in [-0.05, 0) is 48.4 Å². The van der Waals surface area contributed by atoms with Crippen LogP contribution in [0.25, 0.3) is 22.5 Å². The predicted octanol–water partition coefficient (Wildman–Crippen LogP) is 3.48. The predicted molar refractivity (Wildman–Crippen MR) is 140 cm³/mol. The summed E-state index contributed by atoms with van der Waals surface area (Å²) < 4.78 is 4.95. The number of ether oxygens (including phenoxy) is 1. The fourth-order valence-electron chi connectivity index (χ4n) is 3.94. The molecule has 10 nitrogen and oxygen atoms in total. The van der Waals surface area contributed by atoms with Crippen LogP contribution in [0.2, 0.25) is 0 Å². The maximum atomic E-state index is 13.0. The summed E-state index contributed by atoms with van der Waals surface area (Å²) in [6, 6.07) is 13.4. The minimum absolute atomic E-state index is 0.00468.